The Balaban J connectivity index is 1.72. The molecule has 1 aliphatic carbocycles. The van der Waals surface area contributed by atoms with Crippen LogP contribution in [0.4, 0.5) is 0 Å². The maximum atomic E-state index is 12.2. The van der Waals surface area contributed by atoms with Gasteiger partial charge in [0.05, 0.1) is 5.56 Å². The van der Waals surface area contributed by atoms with Gasteiger partial charge in [-0.25, -0.2) is 5.43 Å². The normalized spacial score (nSPS) is 16.2. The van der Waals surface area contributed by atoms with Crippen LogP contribution in [0.25, 0.3) is 10.8 Å². The minimum atomic E-state index is -0.379. The van der Waals surface area contributed by atoms with E-state index in [1.54, 1.807) is 12.1 Å². The molecular formula is C18H20N2O2. The first kappa shape index (κ1) is 14.6. The second kappa shape index (κ2) is 6.60. The van der Waals surface area contributed by atoms with Crippen molar-refractivity contribution in [3.05, 3.63) is 42.0 Å². The van der Waals surface area contributed by atoms with Gasteiger partial charge >= 0.3 is 0 Å². The lowest BCUT2D eigenvalue weighted by Crippen LogP contribution is -2.19. The molecule has 0 saturated heterocycles. The Morgan fingerprint density at radius 1 is 1.14 bits per heavy atom. The number of phenolic OH excluding ortho intramolecular Hbond substituents is 1. The number of fused-ring (bicyclic) bond motifs is 1. The summed E-state index contributed by atoms with van der Waals surface area (Å²) in [5, 5.41) is 15.9. The van der Waals surface area contributed by atoms with E-state index in [4.69, 9.17) is 0 Å². The summed E-state index contributed by atoms with van der Waals surface area (Å²) in [4.78, 5) is 12.2. The summed E-state index contributed by atoms with van der Waals surface area (Å²) in [7, 11) is 0. The number of nitrogens with zero attached hydrogens (tertiary/aromatic N) is 1. The zero-order valence-corrected chi connectivity index (χ0v) is 12.5. The van der Waals surface area contributed by atoms with Crippen molar-refractivity contribution >= 4 is 22.9 Å². The number of rotatable bonds is 3. The number of hydrazone groups is 1. The smallest absolute Gasteiger partial charge is 0.275 e. The van der Waals surface area contributed by atoms with Crippen molar-refractivity contribution in [2.24, 2.45) is 11.0 Å². The van der Waals surface area contributed by atoms with Crippen LogP contribution in [0.2, 0.25) is 0 Å². The topological polar surface area (TPSA) is 61.7 Å². The van der Waals surface area contributed by atoms with Crippen molar-refractivity contribution < 1.29 is 9.90 Å². The van der Waals surface area contributed by atoms with Crippen LogP contribution in [0.5, 0.6) is 5.75 Å². The summed E-state index contributed by atoms with van der Waals surface area (Å²) >= 11 is 0. The van der Waals surface area contributed by atoms with E-state index in [0.717, 1.165) is 18.2 Å². The minimum Gasteiger partial charge on any atom is -0.506 e. The van der Waals surface area contributed by atoms with Crippen molar-refractivity contribution in [1.82, 2.24) is 5.43 Å². The Hall–Kier alpha value is -2.36. The van der Waals surface area contributed by atoms with Gasteiger partial charge < -0.3 is 5.11 Å². The third kappa shape index (κ3) is 3.11. The summed E-state index contributed by atoms with van der Waals surface area (Å²) in [5.74, 6) is 0.0815. The number of benzene rings is 2. The lowest BCUT2D eigenvalue weighted by molar-refractivity contribution is 0.0952. The molecule has 1 aliphatic rings. The van der Waals surface area contributed by atoms with Crippen molar-refractivity contribution in [2.45, 2.75) is 32.1 Å². The van der Waals surface area contributed by atoms with Gasteiger partial charge in [-0.2, -0.15) is 5.10 Å². The first-order chi connectivity index (χ1) is 10.8. The molecule has 0 radical (unpaired) electrons. The SMILES string of the molecule is O=C(NN=CC1CCCCC1)c1ccc2ccccc2c1O. The Kier molecular flexibility index (Phi) is 4.37. The minimum absolute atomic E-state index is 0.00321. The first-order valence-corrected chi connectivity index (χ1v) is 7.80. The molecule has 0 aliphatic heterocycles. The van der Waals surface area contributed by atoms with Crippen LogP contribution in [0.15, 0.2) is 41.5 Å². The molecule has 1 fully saturated rings. The molecule has 0 heterocycles. The maximum absolute atomic E-state index is 12.2. The Bertz CT molecular complexity index is 703. The van der Waals surface area contributed by atoms with E-state index in [0.29, 0.717) is 11.3 Å². The maximum Gasteiger partial charge on any atom is 0.275 e. The highest BCUT2D eigenvalue weighted by Crippen LogP contribution is 2.28. The van der Waals surface area contributed by atoms with Crippen LogP contribution >= 0.6 is 0 Å². The molecule has 22 heavy (non-hydrogen) atoms. The largest absolute Gasteiger partial charge is 0.506 e. The zero-order valence-electron chi connectivity index (χ0n) is 12.5. The predicted octanol–water partition coefficient (Wildman–Crippen LogP) is 3.84. The van der Waals surface area contributed by atoms with Crippen LogP contribution in [-0.2, 0) is 0 Å². The van der Waals surface area contributed by atoms with Crippen LogP contribution in [0, 0.1) is 5.92 Å². The molecule has 114 valence electrons. The molecule has 1 amide bonds. The molecule has 1 saturated carbocycles. The number of carbonyl (C=O) groups excluding carboxylic acids is 1. The molecule has 2 aromatic rings. The standard InChI is InChI=1S/C18H20N2O2/c21-17-15-9-5-4-8-14(15)10-11-16(17)18(22)20-19-12-13-6-2-1-3-7-13/h4-5,8-13,21H,1-3,6-7H2,(H,20,22). The van der Waals surface area contributed by atoms with Gasteiger partial charge in [-0.3, -0.25) is 4.79 Å². The molecule has 0 spiro atoms. The van der Waals surface area contributed by atoms with Gasteiger partial charge in [0.15, 0.2) is 0 Å². The number of hydrogen-bond donors (Lipinski definition) is 2. The number of aromatic hydroxyl groups is 1. The van der Waals surface area contributed by atoms with E-state index in [-0.39, 0.29) is 17.2 Å². The summed E-state index contributed by atoms with van der Waals surface area (Å²) in [6, 6.07) is 10.9. The highest BCUT2D eigenvalue weighted by Gasteiger charge is 2.14. The van der Waals surface area contributed by atoms with E-state index < -0.39 is 0 Å². The zero-order chi connectivity index (χ0) is 15.4. The third-order valence-corrected chi connectivity index (χ3v) is 4.25. The van der Waals surface area contributed by atoms with E-state index in [1.165, 1.54) is 19.3 Å². The molecule has 0 atom stereocenters. The van der Waals surface area contributed by atoms with Crippen molar-refractivity contribution in [3.63, 3.8) is 0 Å². The average Bonchev–Trinajstić information content (AvgIpc) is 2.56. The molecule has 0 unspecified atom stereocenters. The summed E-state index contributed by atoms with van der Waals surface area (Å²) in [6.07, 6.45) is 7.87. The van der Waals surface area contributed by atoms with Crippen molar-refractivity contribution in [1.29, 1.82) is 0 Å². The average molecular weight is 296 g/mol. The molecular weight excluding hydrogens is 276 g/mol. The van der Waals surface area contributed by atoms with Crippen molar-refractivity contribution in [2.75, 3.05) is 0 Å². The molecule has 4 heteroatoms. The van der Waals surface area contributed by atoms with Crippen LogP contribution in [-0.4, -0.2) is 17.2 Å². The number of phenols is 1. The number of carbonyl (C=O) groups is 1. The fourth-order valence-electron chi connectivity index (χ4n) is 2.98. The number of nitrogens with one attached hydrogen (secondary N) is 1. The predicted molar refractivity (Wildman–Crippen MR) is 88.1 cm³/mol. The van der Waals surface area contributed by atoms with Gasteiger partial charge in [0.25, 0.3) is 5.91 Å². The monoisotopic (exact) mass is 296 g/mol. The quantitative estimate of drug-likeness (QED) is 0.667. The molecule has 0 bridgehead atoms. The highest BCUT2D eigenvalue weighted by atomic mass is 16.3. The Morgan fingerprint density at radius 3 is 2.73 bits per heavy atom. The second-order valence-electron chi connectivity index (χ2n) is 5.80. The second-order valence-corrected chi connectivity index (χ2v) is 5.80. The van der Waals surface area contributed by atoms with E-state index in [9.17, 15) is 9.90 Å². The van der Waals surface area contributed by atoms with Gasteiger partial charge in [0, 0.05) is 11.6 Å². The fourth-order valence-corrected chi connectivity index (χ4v) is 2.98. The van der Waals surface area contributed by atoms with Crippen LogP contribution < -0.4 is 5.43 Å². The molecule has 2 N–H and O–H groups in total. The number of hydrogen-bond acceptors (Lipinski definition) is 3. The highest BCUT2D eigenvalue weighted by molar-refractivity contribution is 6.03. The van der Waals surface area contributed by atoms with E-state index >= 15 is 0 Å². The Labute approximate surface area is 129 Å². The van der Waals surface area contributed by atoms with Gasteiger partial charge in [-0.05, 0) is 30.2 Å². The number of amides is 1. The lowest BCUT2D eigenvalue weighted by atomic mass is 9.90. The first-order valence-electron chi connectivity index (χ1n) is 7.80. The van der Waals surface area contributed by atoms with Gasteiger partial charge in [-0.15, -0.1) is 0 Å². The third-order valence-electron chi connectivity index (χ3n) is 4.25. The summed E-state index contributed by atoms with van der Waals surface area (Å²) in [6.45, 7) is 0. The molecule has 2 aromatic carbocycles. The molecule has 3 rings (SSSR count). The van der Waals surface area contributed by atoms with E-state index in [1.807, 2.05) is 30.5 Å². The van der Waals surface area contributed by atoms with Gasteiger partial charge in [-0.1, -0.05) is 49.6 Å². The van der Waals surface area contributed by atoms with Gasteiger partial charge in [0.2, 0.25) is 0 Å². The molecule has 4 nitrogen and oxygen atoms in total. The van der Waals surface area contributed by atoms with Gasteiger partial charge in [0.1, 0.15) is 5.75 Å². The fraction of sp³-hybridized carbons (Fsp3) is 0.333. The molecule has 0 aromatic heterocycles. The Morgan fingerprint density at radius 2 is 1.91 bits per heavy atom. The summed E-state index contributed by atoms with van der Waals surface area (Å²) < 4.78 is 0. The lowest BCUT2D eigenvalue weighted by Gasteiger charge is -2.16. The summed E-state index contributed by atoms with van der Waals surface area (Å²) in [5.41, 5.74) is 2.77. The van der Waals surface area contributed by atoms with Crippen molar-refractivity contribution in [3.8, 4) is 5.75 Å². The van der Waals surface area contributed by atoms with E-state index in [2.05, 4.69) is 10.5 Å². The van der Waals surface area contributed by atoms with Crippen LogP contribution in [0.1, 0.15) is 42.5 Å². The van der Waals surface area contributed by atoms with Crippen LogP contribution in [0.3, 0.4) is 0 Å².